The molecule has 0 saturated heterocycles. The molecule has 0 atom stereocenters. The SMILES string of the molecule is CC(C)C(=O)/C=C\C(C(=O)[O-])=C(/[O-])C(=O)O. The van der Waals surface area contributed by atoms with Crippen molar-refractivity contribution in [2.75, 3.05) is 0 Å². The Morgan fingerprint density at radius 2 is 1.62 bits per heavy atom. The molecule has 0 bridgehead atoms. The minimum atomic E-state index is -1.93. The zero-order chi connectivity index (χ0) is 12.9. The number of carboxylic acid groups (broad SMARTS) is 2. The summed E-state index contributed by atoms with van der Waals surface area (Å²) in [5, 5.41) is 29.6. The van der Waals surface area contributed by atoms with Gasteiger partial charge in [0.25, 0.3) is 0 Å². The van der Waals surface area contributed by atoms with Crippen molar-refractivity contribution in [3.63, 3.8) is 0 Å². The molecule has 1 N–H and O–H groups in total. The van der Waals surface area contributed by atoms with Crippen LogP contribution in [-0.4, -0.2) is 22.8 Å². The number of carboxylic acids is 2. The predicted octanol–water partition coefficient (Wildman–Crippen LogP) is -1.78. The molecule has 0 aromatic carbocycles. The maximum atomic E-state index is 11.1. The van der Waals surface area contributed by atoms with Crippen LogP contribution >= 0.6 is 0 Å². The Labute approximate surface area is 91.5 Å². The highest BCUT2D eigenvalue weighted by Gasteiger charge is 2.05. The van der Waals surface area contributed by atoms with Crippen LogP contribution in [0.5, 0.6) is 0 Å². The van der Waals surface area contributed by atoms with Crippen molar-refractivity contribution in [3.05, 3.63) is 23.5 Å². The van der Waals surface area contributed by atoms with E-state index in [4.69, 9.17) is 5.11 Å². The summed E-state index contributed by atoms with van der Waals surface area (Å²) in [5.74, 6) is -6.26. The Hall–Kier alpha value is -2.11. The summed E-state index contributed by atoms with van der Waals surface area (Å²) in [6.07, 6.45) is 1.49. The fourth-order valence-electron chi connectivity index (χ4n) is 0.710. The Balaban J connectivity index is 5.15. The first-order valence-electron chi connectivity index (χ1n) is 4.35. The number of aliphatic carboxylic acids is 2. The first kappa shape index (κ1) is 13.9. The minimum absolute atomic E-state index is 0.376. The smallest absolute Gasteiger partial charge is 0.321 e. The third-order valence-corrected chi connectivity index (χ3v) is 1.64. The van der Waals surface area contributed by atoms with E-state index in [-0.39, 0.29) is 5.92 Å². The van der Waals surface area contributed by atoms with Crippen molar-refractivity contribution < 1.29 is 29.7 Å². The molecule has 0 rings (SSSR count). The van der Waals surface area contributed by atoms with E-state index in [1.165, 1.54) is 0 Å². The van der Waals surface area contributed by atoms with Crippen molar-refractivity contribution in [2.45, 2.75) is 13.8 Å². The highest BCUT2D eigenvalue weighted by molar-refractivity contribution is 6.00. The van der Waals surface area contributed by atoms with Crippen molar-refractivity contribution in [1.29, 1.82) is 0 Å². The monoisotopic (exact) mass is 226 g/mol. The van der Waals surface area contributed by atoms with Gasteiger partial charge in [0.15, 0.2) is 5.78 Å². The van der Waals surface area contributed by atoms with Crippen LogP contribution in [-0.2, 0) is 14.4 Å². The highest BCUT2D eigenvalue weighted by atomic mass is 16.4. The largest absolute Gasteiger partial charge is 0.867 e. The molecule has 6 heteroatoms. The summed E-state index contributed by atoms with van der Waals surface area (Å²) < 4.78 is 0. The second kappa shape index (κ2) is 5.69. The zero-order valence-corrected chi connectivity index (χ0v) is 8.72. The van der Waals surface area contributed by atoms with E-state index < -0.39 is 29.1 Å². The van der Waals surface area contributed by atoms with Gasteiger partial charge in [0.2, 0.25) is 0 Å². The summed E-state index contributed by atoms with van der Waals surface area (Å²) >= 11 is 0. The van der Waals surface area contributed by atoms with E-state index in [0.717, 1.165) is 6.08 Å². The van der Waals surface area contributed by atoms with Crippen LogP contribution in [0.15, 0.2) is 23.5 Å². The van der Waals surface area contributed by atoms with Crippen LogP contribution in [0.25, 0.3) is 0 Å². The van der Waals surface area contributed by atoms with Crippen LogP contribution in [0, 0.1) is 5.92 Å². The topological polar surface area (TPSA) is 118 Å². The fourth-order valence-corrected chi connectivity index (χ4v) is 0.710. The van der Waals surface area contributed by atoms with Crippen LogP contribution in [0.4, 0.5) is 0 Å². The summed E-state index contributed by atoms with van der Waals surface area (Å²) in [6.45, 7) is 3.15. The molecule has 0 amide bonds. The molecule has 0 aromatic heterocycles. The highest BCUT2D eigenvalue weighted by Crippen LogP contribution is 2.03. The predicted molar refractivity (Wildman–Crippen MR) is 48.7 cm³/mol. The van der Waals surface area contributed by atoms with Gasteiger partial charge in [-0.25, -0.2) is 4.79 Å². The molecule has 0 heterocycles. The molecule has 0 aliphatic carbocycles. The maximum absolute atomic E-state index is 11.1. The number of ketones is 1. The summed E-state index contributed by atoms with van der Waals surface area (Å²) in [6, 6.07) is 0. The molecular formula is C10H10O6-2. The third-order valence-electron chi connectivity index (χ3n) is 1.64. The second-order valence-electron chi connectivity index (χ2n) is 3.23. The van der Waals surface area contributed by atoms with Gasteiger partial charge in [0.1, 0.15) is 0 Å². The molecule has 0 aromatic rings. The lowest BCUT2D eigenvalue weighted by atomic mass is 10.1. The van der Waals surface area contributed by atoms with Gasteiger partial charge in [-0.15, -0.1) is 0 Å². The molecule has 0 aliphatic rings. The lowest BCUT2D eigenvalue weighted by molar-refractivity contribution is -0.313. The van der Waals surface area contributed by atoms with Gasteiger partial charge in [-0.1, -0.05) is 13.8 Å². The molecule has 0 radical (unpaired) electrons. The fraction of sp³-hybridized carbons (Fsp3) is 0.300. The van der Waals surface area contributed by atoms with Crippen LogP contribution in [0.3, 0.4) is 0 Å². The molecule has 16 heavy (non-hydrogen) atoms. The van der Waals surface area contributed by atoms with Crippen LogP contribution in [0.2, 0.25) is 0 Å². The van der Waals surface area contributed by atoms with Gasteiger partial charge in [-0.3, -0.25) is 4.79 Å². The third kappa shape index (κ3) is 3.95. The Bertz CT molecular complexity index is 375. The Morgan fingerprint density at radius 3 is 1.94 bits per heavy atom. The maximum Gasteiger partial charge on any atom is 0.321 e. The summed E-state index contributed by atoms with van der Waals surface area (Å²) in [7, 11) is 0. The Kier molecular flexibility index (Phi) is 4.94. The van der Waals surface area contributed by atoms with Gasteiger partial charge in [-0.05, 0) is 23.5 Å². The van der Waals surface area contributed by atoms with E-state index in [0.29, 0.717) is 6.08 Å². The van der Waals surface area contributed by atoms with Gasteiger partial charge in [-0.2, -0.15) is 0 Å². The molecule has 0 spiro atoms. The molecule has 0 aliphatic heterocycles. The number of rotatable bonds is 5. The Morgan fingerprint density at radius 1 is 1.12 bits per heavy atom. The quantitative estimate of drug-likeness (QED) is 0.336. The van der Waals surface area contributed by atoms with Crippen molar-refractivity contribution in [3.8, 4) is 0 Å². The number of hydrogen-bond donors (Lipinski definition) is 1. The summed E-state index contributed by atoms with van der Waals surface area (Å²) in [4.78, 5) is 31.8. The zero-order valence-electron chi connectivity index (χ0n) is 8.72. The number of carbonyl (C=O) groups is 3. The standard InChI is InChI=1S/C10H12O6/c1-5(2)7(11)4-3-6(9(13)14)8(12)10(15)16/h3-5,12H,1-2H3,(H,13,14)(H,15,16)/p-2/b4-3-,8-6+. The average molecular weight is 226 g/mol. The molecule has 0 fully saturated rings. The van der Waals surface area contributed by atoms with Crippen molar-refractivity contribution in [2.24, 2.45) is 5.92 Å². The molecule has 0 saturated carbocycles. The minimum Gasteiger partial charge on any atom is -0.867 e. The molecule has 0 unspecified atom stereocenters. The number of carbonyl (C=O) groups excluding carboxylic acids is 2. The van der Waals surface area contributed by atoms with Gasteiger partial charge < -0.3 is 20.1 Å². The average Bonchev–Trinajstić information content (AvgIpc) is 2.16. The number of hydrogen-bond acceptors (Lipinski definition) is 5. The summed E-state index contributed by atoms with van der Waals surface area (Å²) in [5.41, 5.74) is -1.05. The second-order valence-corrected chi connectivity index (χ2v) is 3.23. The van der Waals surface area contributed by atoms with Crippen LogP contribution < -0.4 is 10.2 Å². The van der Waals surface area contributed by atoms with Gasteiger partial charge in [0.05, 0.1) is 5.97 Å². The number of allylic oxidation sites excluding steroid dienone is 1. The first-order valence-corrected chi connectivity index (χ1v) is 4.35. The van der Waals surface area contributed by atoms with E-state index in [1.54, 1.807) is 13.8 Å². The molecule has 88 valence electrons. The van der Waals surface area contributed by atoms with E-state index in [1.807, 2.05) is 0 Å². The van der Waals surface area contributed by atoms with E-state index in [2.05, 4.69) is 0 Å². The van der Waals surface area contributed by atoms with Gasteiger partial charge in [0, 0.05) is 5.92 Å². The van der Waals surface area contributed by atoms with Crippen molar-refractivity contribution >= 4 is 17.7 Å². The van der Waals surface area contributed by atoms with Gasteiger partial charge >= 0.3 is 5.97 Å². The lowest BCUT2D eigenvalue weighted by Crippen LogP contribution is -2.29. The molecule has 6 nitrogen and oxygen atoms in total. The van der Waals surface area contributed by atoms with Crippen molar-refractivity contribution in [1.82, 2.24) is 0 Å². The first-order chi connectivity index (χ1) is 7.27. The lowest BCUT2D eigenvalue weighted by Gasteiger charge is -2.13. The van der Waals surface area contributed by atoms with Crippen LogP contribution in [0.1, 0.15) is 13.8 Å². The van der Waals surface area contributed by atoms with E-state index >= 15 is 0 Å². The van der Waals surface area contributed by atoms with E-state index in [9.17, 15) is 24.6 Å². The normalized spacial score (nSPS) is 12.7. The molecular weight excluding hydrogens is 216 g/mol.